The van der Waals surface area contributed by atoms with E-state index >= 15 is 0 Å². The Kier molecular flexibility index (Phi) is 15.2. The van der Waals surface area contributed by atoms with Gasteiger partial charge < -0.3 is 19.5 Å². The molecule has 0 fully saturated rings. The van der Waals surface area contributed by atoms with Crippen molar-refractivity contribution in [3.05, 3.63) is 83.6 Å². The van der Waals surface area contributed by atoms with Crippen molar-refractivity contribution in [3.63, 3.8) is 0 Å². The first kappa shape index (κ1) is 45.9. The van der Waals surface area contributed by atoms with Gasteiger partial charge >= 0.3 is 5.97 Å². The van der Waals surface area contributed by atoms with Gasteiger partial charge in [0.15, 0.2) is 5.71 Å². The van der Waals surface area contributed by atoms with Crippen molar-refractivity contribution in [1.82, 2.24) is 0 Å². The normalized spacial score (nSPS) is 20.7. The van der Waals surface area contributed by atoms with Gasteiger partial charge in [0.05, 0.1) is 34.2 Å². The Morgan fingerprint density at radius 2 is 1.47 bits per heavy atom. The number of unbranched alkanes of at least 4 members (excludes halogenated alkanes) is 2. The molecule has 0 spiro atoms. The molecule has 0 bridgehead atoms. The largest absolute Gasteiger partial charge is 0.481 e. The monoisotopic (exact) mass is 853 g/mol. The minimum atomic E-state index is -4.59. The van der Waals surface area contributed by atoms with E-state index < -0.39 is 52.9 Å². The smallest absolute Gasteiger partial charge is 0.303 e. The van der Waals surface area contributed by atoms with Gasteiger partial charge in [0, 0.05) is 67.6 Å². The maximum atomic E-state index is 12.2. The summed E-state index contributed by atoms with van der Waals surface area (Å²) in [5.74, 6) is -1.42. The summed E-state index contributed by atoms with van der Waals surface area (Å²) < 4.78 is 114. The fourth-order valence-electron chi connectivity index (χ4n) is 7.70. The minimum Gasteiger partial charge on any atom is -0.481 e. The Hall–Kier alpha value is -3.75. The number of fused-ring (bicyclic) bond motifs is 2. The summed E-state index contributed by atoms with van der Waals surface area (Å²) >= 11 is 0. The standard InChI is InChI=1S/C39H52N2O13S3/c1-5-40-33-18-16-29(56(47,48)49)27-31(33)39(3,21-23-54-25-24-53-4)35(40)13-8-6-9-14-36-38(2,20-12-26-55(44,45)46)32-28-30(57(50,51)52)17-19-34(32)41(36)22-11-7-10-15-37(42)43/h6,8-9,13-14,16-19,27-28H,5,7,10-12,15,20-26H2,1-4H3,(H3-,42,43,44,45,46,47,48,49,50,51,52)/p+1. The molecule has 4 rings (SSSR count). The number of benzene rings is 2. The van der Waals surface area contributed by atoms with Crippen LogP contribution in [0.2, 0.25) is 0 Å². The van der Waals surface area contributed by atoms with Gasteiger partial charge in [-0.25, -0.2) is 0 Å². The van der Waals surface area contributed by atoms with Crippen molar-refractivity contribution < 1.29 is 62.9 Å². The average Bonchev–Trinajstić information content (AvgIpc) is 3.49. The molecule has 0 saturated carbocycles. The molecule has 4 N–H and O–H groups in total. The third-order valence-corrected chi connectivity index (χ3v) is 13.1. The van der Waals surface area contributed by atoms with Gasteiger partial charge in [-0.2, -0.15) is 29.8 Å². The molecule has 0 aliphatic carbocycles. The number of allylic oxidation sites excluding steroid dienone is 6. The zero-order valence-corrected chi connectivity index (χ0v) is 35.1. The van der Waals surface area contributed by atoms with Gasteiger partial charge in [-0.3, -0.25) is 18.5 Å². The Morgan fingerprint density at radius 1 is 0.807 bits per heavy atom. The number of carboxylic acids is 1. The van der Waals surface area contributed by atoms with Crippen LogP contribution in [0.5, 0.6) is 0 Å². The van der Waals surface area contributed by atoms with Crippen molar-refractivity contribution >= 4 is 53.4 Å². The number of hydrogen-bond donors (Lipinski definition) is 4. The van der Waals surface area contributed by atoms with E-state index in [9.17, 15) is 43.7 Å². The summed E-state index contributed by atoms with van der Waals surface area (Å²) in [7, 11) is -11.8. The number of carboxylic acid groups (broad SMARTS) is 1. The first-order chi connectivity index (χ1) is 26.7. The minimum absolute atomic E-state index is 0.0144. The van der Waals surface area contributed by atoms with Gasteiger partial charge in [-0.1, -0.05) is 18.2 Å². The highest BCUT2D eigenvalue weighted by Gasteiger charge is 2.48. The molecule has 2 atom stereocenters. The van der Waals surface area contributed by atoms with Gasteiger partial charge in [-0.05, 0) is 94.8 Å². The van der Waals surface area contributed by atoms with Crippen molar-refractivity contribution in [2.75, 3.05) is 50.7 Å². The molecule has 0 radical (unpaired) electrons. The molecular formula is C39H53N2O13S3+. The predicted octanol–water partition coefficient (Wildman–Crippen LogP) is 5.70. The Balaban J connectivity index is 1.77. The van der Waals surface area contributed by atoms with Crippen LogP contribution in [-0.4, -0.2) is 106 Å². The molecule has 2 heterocycles. The van der Waals surface area contributed by atoms with Gasteiger partial charge in [0.1, 0.15) is 6.54 Å². The predicted molar refractivity (Wildman–Crippen MR) is 215 cm³/mol. The molecule has 15 nitrogen and oxygen atoms in total. The molecule has 18 heteroatoms. The summed E-state index contributed by atoms with van der Waals surface area (Å²) in [5.41, 5.74) is 2.58. The number of nitrogens with zero attached hydrogens (tertiary/aromatic N) is 2. The molecule has 2 unspecified atom stereocenters. The van der Waals surface area contributed by atoms with E-state index in [0.29, 0.717) is 81.1 Å². The van der Waals surface area contributed by atoms with Crippen LogP contribution in [0, 0.1) is 0 Å². The number of rotatable bonds is 22. The molecule has 314 valence electrons. The second-order valence-corrected chi connectivity index (χ2v) is 18.9. The number of methoxy groups -OCH3 is 1. The number of hydrogen-bond acceptors (Lipinski definition) is 10. The third-order valence-electron chi connectivity index (χ3n) is 10.6. The Labute approximate surface area is 335 Å². The second-order valence-electron chi connectivity index (χ2n) is 14.5. The first-order valence-electron chi connectivity index (χ1n) is 18.6. The van der Waals surface area contributed by atoms with E-state index in [-0.39, 0.29) is 29.1 Å². The molecule has 2 aromatic rings. The van der Waals surface area contributed by atoms with Crippen LogP contribution >= 0.6 is 0 Å². The van der Waals surface area contributed by atoms with E-state index in [0.717, 1.165) is 11.4 Å². The van der Waals surface area contributed by atoms with E-state index in [1.165, 1.54) is 24.3 Å². The number of aliphatic carboxylic acids is 1. The van der Waals surface area contributed by atoms with Gasteiger partial charge in [0.25, 0.3) is 30.4 Å². The van der Waals surface area contributed by atoms with Crippen molar-refractivity contribution in [3.8, 4) is 0 Å². The maximum absolute atomic E-state index is 12.2. The van der Waals surface area contributed by atoms with Gasteiger partial charge in [-0.15, -0.1) is 0 Å². The zero-order valence-electron chi connectivity index (χ0n) is 32.6. The van der Waals surface area contributed by atoms with E-state index in [2.05, 4.69) is 4.90 Å². The third kappa shape index (κ3) is 11.3. The van der Waals surface area contributed by atoms with E-state index in [1.54, 1.807) is 31.4 Å². The molecule has 57 heavy (non-hydrogen) atoms. The summed E-state index contributed by atoms with van der Waals surface area (Å²) in [6.45, 7) is 7.91. The maximum Gasteiger partial charge on any atom is 0.303 e. The lowest BCUT2D eigenvalue weighted by Gasteiger charge is -2.30. The highest BCUT2D eigenvalue weighted by Crippen LogP contribution is 2.50. The topological polar surface area (TPSA) is 225 Å². The first-order valence-corrected chi connectivity index (χ1v) is 23.1. The van der Waals surface area contributed by atoms with Crippen molar-refractivity contribution in [2.24, 2.45) is 0 Å². The van der Waals surface area contributed by atoms with Crippen LogP contribution in [0.1, 0.15) is 76.8 Å². The molecule has 2 aromatic carbocycles. The lowest BCUT2D eigenvalue weighted by Crippen LogP contribution is -2.32. The van der Waals surface area contributed by atoms with Crippen LogP contribution in [0.4, 0.5) is 11.4 Å². The number of ether oxygens (including phenoxy) is 2. The second kappa shape index (κ2) is 18.9. The van der Waals surface area contributed by atoms with Crippen LogP contribution in [0.15, 0.2) is 82.3 Å². The lowest BCUT2D eigenvalue weighted by molar-refractivity contribution is -0.438. The number of anilines is 1. The lowest BCUT2D eigenvalue weighted by atomic mass is 9.76. The van der Waals surface area contributed by atoms with Crippen LogP contribution in [-0.2, 0) is 55.5 Å². The number of carbonyl (C=O) groups is 1. The summed E-state index contributed by atoms with van der Waals surface area (Å²) in [5, 5.41) is 9.11. The molecule has 0 saturated heterocycles. The quantitative estimate of drug-likeness (QED) is 0.0483. The van der Waals surface area contributed by atoms with Gasteiger partial charge in [0.2, 0.25) is 5.69 Å². The molecule has 0 aromatic heterocycles. The molecule has 0 amide bonds. The fourth-order valence-corrected chi connectivity index (χ4v) is 9.22. The Bertz CT molecular complexity index is 2270. The summed E-state index contributed by atoms with van der Waals surface area (Å²) in [6.07, 6.45) is 11.6. The Morgan fingerprint density at radius 3 is 2.09 bits per heavy atom. The summed E-state index contributed by atoms with van der Waals surface area (Å²) in [4.78, 5) is 12.6. The highest BCUT2D eigenvalue weighted by atomic mass is 32.2. The van der Waals surface area contributed by atoms with Crippen LogP contribution < -0.4 is 4.90 Å². The van der Waals surface area contributed by atoms with Crippen LogP contribution in [0.25, 0.3) is 0 Å². The highest BCUT2D eigenvalue weighted by molar-refractivity contribution is 7.86. The van der Waals surface area contributed by atoms with Crippen molar-refractivity contribution in [1.29, 1.82) is 0 Å². The molecule has 2 aliphatic heterocycles. The SMILES string of the molecule is CCN1/C(=C/C=C/C=C/C2=[N+](CCCCCC(=O)O)c3ccc(S(=O)(=O)O)cc3C2(C)CCCS(=O)(=O)O)C(C)(CCOCCOC)c2cc(S(=O)(=O)O)ccc21. The number of likely N-dealkylation sites (N-methyl/N-ethyl adjacent to an activating group) is 1. The van der Waals surface area contributed by atoms with E-state index in [1.807, 2.05) is 43.6 Å². The summed E-state index contributed by atoms with van der Waals surface area (Å²) in [6, 6.07) is 8.80. The average molecular weight is 854 g/mol. The van der Waals surface area contributed by atoms with Crippen LogP contribution in [0.3, 0.4) is 0 Å². The molecular weight excluding hydrogens is 801 g/mol. The fraction of sp³-hybridized carbons (Fsp3) is 0.487. The van der Waals surface area contributed by atoms with E-state index in [4.69, 9.17) is 14.6 Å². The van der Waals surface area contributed by atoms with Crippen molar-refractivity contribution in [2.45, 2.75) is 86.3 Å². The molecule has 2 aliphatic rings. The zero-order chi connectivity index (χ0) is 42.2.